The maximum absolute atomic E-state index is 15.5. The normalized spacial score (nSPS) is 10.8. The fourth-order valence-electron chi connectivity index (χ4n) is 5.12. The van der Waals surface area contributed by atoms with Crippen LogP contribution < -0.4 is 0 Å². The Kier molecular flexibility index (Phi) is 6.19. The minimum Gasteiger partial charge on any atom is -0.206 e. The van der Waals surface area contributed by atoms with Crippen molar-refractivity contribution in [3.63, 3.8) is 0 Å². The fourth-order valence-corrected chi connectivity index (χ4v) is 5.12. The molecular weight excluding hydrogens is 451 g/mol. The standard InChI is InChI=1S/C36H25F/c37-33-24-14-13-23-30(33)32-25-31(26-15-5-1-6-16-26)34(27-17-7-2-8-18-27)36(29-21-11-4-12-22-29)35(32)28-19-9-3-10-20-28/h1-25H. The van der Waals surface area contributed by atoms with E-state index < -0.39 is 0 Å². The molecule has 6 rings (SSSR count). The Morgan fingerprint density at radius 1 is 0.297 bits per heavy atom. The fraction of sp³-hybridized carbons (Fsp3) is 0. The summed E-state index contributed by atoms with van der Waals surface area (Å²) >= 11 is 0. The first kappa shape index (κ1) is 22.7. The van der Waals surface area contributed by atoms with Crippen molar-refractivity contribution in [2.24, 2.45) is 0 Å². The molecule has 0 aliphatic carbocycles. The summed E-state index contributed by atoms with van der Waals surface area (Å²) in [6.45, 7) is 0. The molecule has 0 saturated carbocycles. The quantitative estimate of drug-likeness (QED) is 0.232. The zero-order valence-corrected chi connectivity index (χ0v) is 20.3. The van der Waals surface area contributed by atoms with E-state index in [0.29, 0.717) is 5.56 Å². The van der Waals surface area contributed by atoms with Crippen molar-refractivity contribution in [2.75, 3.05) is 0 Å². The van der Waals surface area contributed by atoms with E-state index in [1.165, 1.54) is 0 Å². The van der Waals surface area contributed by atoms with Gasteiger partial charge in [-0.05, 0) is 62.2 Å². The van der Waals surface area contributed by atoms with Crippen LogP contribution in [-0.4, -0.2) is 0 Å². The highest BCUT2D eigenvalue weighted by molar-refractivity contribution is 6.07. The van der Waals surface area contributed by atoms with Gasteiger partial charge in [0.25, 0.3) is 0 Å². The average Bonchev–Trinajstić information content (AvgIpc) is 2.98. The van der Waals surface area contributed by atoms with Crippen LogP contribution in [0.1, 0.15) is 0 Å². The van der Waals surface area contributed by atoms with Gasteiger partial charge in [-0.1, -0.05) is 140 Å². The summed E-state index contributed by atoms with van der Waals surface area (Å²) in [4.78, 5) is 0. The molecule has 0 saturated heterocycles. The Morgan fingerprint density at radius 2 is 0.676 bits per heavy atom. The summed E-state index contributed by atoms with van der Waals surface area (Å²) in [5, 5.41) is 0. The topological polar surface area (TPSA) is 0 Å². The lowest BCUT2D eigenvalue weighted by Crippen LogP contribution is -1.98. The summed E-state index contributed by atoms with van der Waals surface area (Å²) in [6, 6.07) is 50.9. The van der Waals surface area contributed by atoms with E-state index in [1.807, 2.05) is 48.5 Å². The van der Waals surface area contributed by atoms with Crippen LogP contribution in [-0.2, 0) is 0 Å². The second-order valence-electron chi connectivity index (χ2n) is 9.04. The van der Waals surface area contributed by atoms with Crippen molar-refractivity contribution in [1.82, 2.24) is 0 Å². The number of halogens is 1. The van der Waals surface area contributed by atoms with Crippen LogP contribution in [0, 0.1) is 5.82 Å². The summed E-state index contributed by atoms with van der Waals surface area (Å²) < 4.78 is 15.5. The third-order valence-corrected chi connectivity index (χ3v) is 6.76. The Bertz CT molecular complexity index is 1640. The van der Waals surface area contributed by atoms with Crippen LogP contribution in [0.25, 0.3) is 55.6 Å². The molecule has 0 fully saturated rings. The number of hydrogen-bond donors (Lipinski definition) is 0. The van der Waals surface area contributed by atoms with Gasteiger partial charge < -0.3 is 0 Å². The highest BCUT2D eigenvalue weighted by Gasteiger charge is 2.24. The first-order valence-electron chi connectivity index (χ1n) is 12.5. The lowest BCUT2D eigenvalue weighted by atomic mass is 9.79. The third-order valence-electron chi connectivity index (χ3n) is 6.76. The molecule has 6 aromatic carbocycles. The monoisotopic (exact) mass is 476 g/mol. The van der Waals surface area contributed by atoms with Gasteiger partial charge in [-0.25, -0.2) is 4.39 Å². The first-order valence-corrected chi connectivity index (χ1v) is 12.5. The molecule has 37 heavy (non-hydrogen) atoms. The van der Waals surface area contributed by atoms with Gasteiger partial charge >= 0.3 is 0 Å². The smallest absolute Gasteiger partial charge is 0.131 e. The van der Waals surface area contributed by atoms with E-state index in [9.17, 15) is 0 Å². The van der Waals surface area contributed by atoms with E-state index in [1.54, 1.807) is 12.1 Å². The second-order valence-corrected chi connectivity index (χ2v) is 9.04. The van der Waals surface area contributed by atoms with E-state index in [-0.39, 0.29) is 5.82 Å². The van der Waals surface area contributed by atoms with Gasteiger partial charge in [-0.15, -0.1) is 0 Å². The summed E-state index contributed by atoms with van der Waals surface area (Å²) in [5.74, 6) is -0.231. The molecule has 1 heteroatoms. The van der Waals surface area contributed by atoms with Crippen LogP contribution in [0.5, 0.6) is 0 Å². The van der Waals surface area contributed by atoms with Gasteiger partial charge in [0.05, 0.1) is 0 Å². The van der Waals surface area contributed by atoms with Gasteiger partial charge in [0.2, 0.25) is 0 Å². The Morgan fingerprint density at radius 3 is 1.16 bits per heavy atom. The minimum absolute atomic E-state index is 0.231. The molecular formula is C36H25F. The molecule has 6 aromatic rings. The third kappa shape index (κ3) is 4.37. The van der Waals surface area contributed by atoms with Crippen LogP contribution >= 0.6 is 0 Å². The predicted molar refractivity (Wildman–Crippen MR) is 154 cm³/mol. The van der Waals surface area contributed by atoms with Crippen LogP contribution in [0.15, 0.2) is 152 Å². The second kappa shape index (κ2) is 10.1. The SMILES string of the molecule is Fc1ccccc1-c1cc(-c2ccccc2)c(-c2ccccc2)c(-c2ccccc2)c1-c1ccccc1. The van der Waals surface area contributed by atoms with E-state index >= 15 is 4.39 Å². The molecule has 0 atom stereocenters. The minimum atomic E-state index is -0.231. The highest BCUT2D eigenvalue weighted by Crippen LogP contribution is 2.50. The van der Waals surface area contributed by atoms with Crippen molar-refractivity contribution in [3.8, 4) is 55.6 Å². The summed E-state index contributed by atoms with van der Waals surface area (Å²) in [7, 11) is 0. The Hall–Kier alpha value is -4.75. The molecule has 0 aliphatic rings. The molecule has 176 valence electrons. The van der Waals surface area contributed by atoms with Gasteiger partial charge in [-0.2, -0.15) is 0 Å². The highest BCUT2D eigenvalue weighted by atomic mass is 19.1. The van der Waals surface area contributed by atoms with Crippen LogP contribution in [0.3, 0.4) is 0 Å². The zero-order chi connectivity index (χ0) is 25.0. The molecule has 0 aromatic heterocycles. The molecule has 0 heterocycles. The lowest BCUT2D eigenvalue weighted by molar-refractivity contribution is 0.631. The number of hydrogen-bond acceptors (Lipinski definition) is 0. The summed E-state index contributed by atoms with van der Waals surface area (Å²) in [5.41, 5.74) is 10.2. The van der Waals surface area contributed by atoms with E-state index in [0.717, 1.165) is 50.1 Å². The number of rotatable bonds is 5. The van der Waals surface area contributed by atoms with Crippen LogP contribution in [0.4, 0.5) is 4.39 Å². The van der Waals surface area contributed by atoms with Crippen molar-refractivity contribution in [3.05, 3.63) is 157 Å². The van der Waals surface area contributed by atoms with Crippen LogP contribution in [0.2, 0.25) is 0 Å². The average molecular weight is 477 g/mol. The van der Waals surface area contributed by atoms with E-state index in [4.69, 9.17) is 0 Å². The molecule has 0 bridgehead atoms. The number of benzene rings is 6. The molecule has 0 spiro atoms. The van der Waals surface area contributed by atoms with Crippen molar-refractivity contribution >= 4 is 0 Å². The van der Waals surface area contributed by atoms with Gasteiger partial charge in [0, 0.05) is 5.56 Å². The van der Waals surface area contributed by atoms with E-state index in [2.05, 4.69) is 91.0 Å². The van der Waals surface area contributed by atoms with Crippen molar-refractivity contribution in [2.45, 2.75) is 0 Å². The maximum Gasteiger partial charge on any atom is 0.131 e. The van der Waals surface area contributed by atoms with Crippen molar-refractivity contribution in [1.29, 1.82) is 0 Å². The molecule has 0 N–H and O–H groups in total. The first-order chi connectivity index (χ1) is 18.3. The van der Waals surface area contributed by atoms with Gasteiger partial charge in [0.1, 0.15) is 5.82 Å². The maximum atomic E-state index is 15.5. The Balaban J connectivity index is 1.86. The van der Waals surface area contributed by atoms with Gasteiger partial charge in [0.15, 0.2) is 0 Å². The van der Waals surface area contributed by atoms with Crippen molar-refractivity contribution < 1.29 is 4.39 Å². The molecule has 0 amide bonds. The lowest BCUT2D eigenvalue weighted by Gasteiger charge is -2.24. The predicted octanol–water partition coefficient (Wildman–Crippen LogP) is 10.2. The molecule has 0 radical (unpaired) electrons. The molecule has 0 unspecified atom stereocenters. The largest absolute Gasteiger partial charge is 0.206 e. The Labute approximate surface area is 217 Å². The molecule has 0 aliphatic heterocycles. The van der Waals surface area contributed by atoms with Gasteiger partial charge in [-0.3, -0.25) is 0 Å². The molecule has 0 nitrogen and oxygen atoms in total. The zero-order valence-electron chi connectivity index (χ0n) is 20.3. The summed E-state index contributed by atoms with van der Waals surface area (Å²) in [6.07, 6.45) is 0.